The van der Waals surface area contributed by atoms with Gasteiger partial charge in [-0.15, -0.1) is 0 Å². The molecule has 1 aliphatic rings. The maximum absolute atomic E-state index is 10.7. The van der Waals surface area contributed by atoms with E-state index in [2.05, 4.69) is 6.07 Å². The molecule has 0 saturated carbocycles. The van der Waals surface area contributed by atoms with Gasteiger partial charge in [0.1, 0.15) is 0 Å². The molecule has 6 heteroatoms. The van der Waals surface area contributed by atoms with Gasteiger partial charge in [-0.25, -0.2) is 0 Å². The second-order valence-electron chi connectivity index (χ2n) is 5.43. The zero-order valence-corrected chi connectivity index (χ0v) is 13.4. The fourth-order valence-electron chi connectivity index (χ4n) is 2.97. The number of non-ortho nitro benzene ring substituents is 1. The molecule has 0 spiro atoms. The number of nitro benzene ring substituents is 1. The second-order valence-corrected chi connectivity index (χ2v) is 7.64. The average Bonchev–Trinajstić information content (AvgIpc) is 3.14. The van der Waals surface area contributed by atoms with Crippen LogP contribution in [0.3, 0.4) is 0 Å². The van der Waals surface area contributed by atoms with Gasteiger partial charge in [0, 0.05) is 0 Å². The van der Waals surface area contributed by atoms with Crippen molar-refractivity contribution in [1.82, 2.24) is 4.98 Å². The molecule has 4 rings (SSSR count). The number of aryl methyl sites for hydroxylation is 1. The molecule has 1 aromatic carbocycles. The van der Waals surface area contributed by atoms with Crippen LogP contribution in [0, 0.1) is 10.1 Å². The van der Waals surface area contributed by atoms with Crippen molar-refractivity contribution >= 4 is 35.7 Å². The molecule has 0 aliphatic heterocycles. The zero-order chi connectivity index (χ0) is 15.3. The molecule has 0 bridgehead atoms. The van der Waals surface area contributed by atoms with E-state index in [9.17, 15) is 10.1 Å². The molecular formula is C16H13N3O2Se. The minimum absolute atomic E-state index is 0.111. The molecule has 0 atom stereocenters. The van der Waals surface area contributed by atoms with E-state index in [1.807, 2.05) is 12.1 Å². The molecule has 0 amide bonds. The summed E-state index contributed by atoms with van der Waals surface area (Å²) in [6.45, 7) is 0. The third-order valence-electron chi connectivity index (χ3n) is 4.09. The fraction of sp³-hybridized carbons (Fsp3) is 0.188. The summed E-state index contributed by atoms with van der Waals surface area (Å²) < 4.78 is 2.35. The Morgan fingerprint density at radius 2 is 2.00 bits per heavy atom. The molecule has 0 saturated heterocycles. The van der Waals surface area contributed by atoms with Gasteiger partial charge in [0.2, 0.25) is 0 Å². The van der Waals surface area contributed by atoms with Gasteiger partial charge >= 0.3 is 132 Å². The van der Waals surface area contributed by atoms with Crippen LogP contribution in [0.5, 0.6) is 0 Å². The van der Waals surface area contributed by atoms with Gasteiger partial charge in [-0.1, -0.05) is 0 Å². The first-order valence-corrected chi connectivity index (χ1v) is 8.80. The summed E-state index contributed by atoms with van der Waals surface area (Å²) in [6, 6.07) is 8.80. The van der Waals surface area contributed by atoms with Crippen LogP contribution in [0.15, 0.2) is 30.3 Å². The van der Waals surface area contributed by atoms with E-state index < -0.39 is 0 Å². The SMILES string of the molecule is Nc1c2c(nc3cc(-c4ccc([N+](=O)[O-])cc4)[se]c13)CCC2. The number of hydrogen-bond acceptors (Lipinski definition) is 4. The molecule has 2 N–H and O–H groups in total. The van der Waals surface area contributed by atoms with Gasteiger partial charge in [-0.05, 0) is 0 Å². The number of fused-ring (bicyclic) bond motifs is 2. The Labute approximate surface area is 132 Å². The van der Waals surface area contributed by atoms with E-state index >= 15 is 0 Å². The summed E-state index contributed by atoms with van der Waals surface area (Å²) in [6.07, 6.45) is 3.19. The van der Waals surface area contributed by atoms with Gasteiger partial charge < -0.3 is 0 Å². The number of nitrogens with zero attached hydrogens (tertiary/aromatic N) is 2. The number of rotatable bonds is 2. The van der Waals surface area contributed by atoms with E-state index in [0.717, 1.165) is 41.7 Å². The van der Waals surface area contributed by atoms with Crippen LogP contribution in [0.4, 0.5) is 11.4 Å². The maximum atomic E-state index is 10.7. The molecule has 3 aromatic rings. The number of pyridine rings is 1. The molecule has 1 aliphatic carbocycles. The van der Waals surface area contributed by atoms with Crippen LogP contribution >= 0.6 is 0 Å². The standard InChI is InChI=1S/C16H13N3O2Se/c17-15-11-2-1-3-12(11)18-13-8-14(22-16(13)15)9-4-6-10(7-5-9)19(20)21/h4-8H,1-3H2,(H2,17,18). The van der Waals surface area contributed by atoms with E-state index in [1.54, 1.807) is 12.1 Å². The van der Waals surface area contributed by atoms with Crippen LogP contribution in [0.2, 0.25) is 0 Å². The van der Waals surface area contributed by atoms with Gasteiger partial charge in [0.15, 0.2) is 0 Å². The zero-order valence-electron chi connectivity index (χ0n) is 11.7. The summed E-state index contributed by atoms with van der Waals surface area (Å²) >= 11 is 0.111. The summed E-state index contributed by atoms with van der Waals surface area (Å²) in [4.78, 5) is 15.1. The van der Waals surface area contributed by atoms with Gasteiger partial charge in [0.25, 0.3) is 0 Å². The van der Waals surface area contributed by atoms with Crippen molar-refractivity contribution in [2.24, 2.45) is 0 Å². The molecule has 0 fully saturated rings. The molecule has 0 unspecified atom stereocenters. The minimum atomic E-state index is -0.378. The predicted molar refractivity (Wildman–Crippen MR) is 87.2 cm³/mol. The first-order valence-electron chi connectivity index (χ1n) is 7.09. The topological polar surface area (TPSA) is 82.0 Å². The van der Waals surface area contributed by atoms with E-state index in [4.69, 9.17) is 10.7 Å². The number of nitro groups is 1. The predicted octanol–water partition coefficient (Wildman–Crippen LogP) is 2.94. The molecule has 22 heavy (non-hydrogen) atoms. The molecule has 110 valence electrons. The summed E-state index contributed by atoms with van der Waals surface area (Å²) in [5.74, 6) is 0. The van der Waals surface area contributed by atoms with Crippen molar-refractivity contribution in [2.45, 2.75) is 19.3 Å². The Balaban J connectivity index is 1.83. The molecular weight excluding hydrogens is 345 g/mol. The average molecular weight is 358 g/mol. The van der Waals surface area contributed by atoms with Crippen molar-refractivity contribution in [3.05, 3.63) is 51.7 Å². The summed E-state index contributed by atoms with van der Waals surface area (Å²) in [7, 11) is 0. The number of benzene rings is 1. The summed E-state index contributed by atoms with van der Waals surface area (Å²) in [5.41, 5.74) is 11.8. The van der Waals surface area contributed by atoms with Crippen LogP contribution in [0.1, 0.15) is 17.7 Å². The number of aromatic nitrogens is 1. The van der Waals surface area contributed by atoms with Crippen LogP contribution in [0.25, 0.3) is 19.8 Å². The molecule has 5 nitrogen and oxygen atoms in total. The van der Waals surface area contributed by atoms with Crippen LogP contribution in [-0.4, -0.2) is 24.4 Å². The monoisotopic (exact) mass is 359 g/mol. The van der Waals surface area contributed by atoms with E-state index in [-0.39, 0.29) is 25.1 Å². The normalized spacial score (nSPS) is 13.5. The van der Waals surface area contributed by atoms with Gasteiger partial charge in [-0.2, -0.15) is 0 Å². The van der Waals surface area contributed by atoms with Crippen molar-refractivity contribution in [3.8, 4) is 10.0 Å². The number of anilines is 1. The quantitative estimate of drug-likeness (QED) is 0.434. The van der Waals surface area contributed by atoms with Crippen LogP contribution < -0.4 is 5.73 Å². The van der Waals surface area contributed by atoms with Crippen LogP contribution in [-0.2, 0) is 12.8 Å². The number of nitrogen functional groups attached to an aromatic ring is 1. The Hall–Kier alpha value is -2.17. The summed E-state index contributed by atoms with van der Waals surface area (Å²) in [5, 5.41) is 10.7. The van der Waals surface area contributed by atoms with Gasteiger partial charge in [-0.3, -0.25) is 0 Å². The number of hydrogen-bond donors (Lipinski definition) is 1. The van der Waals surface area contributed by atoms with E-state index in [0.29, 0.717) is 0 Å². The fourth-order valence-corrected chi connectivity index (χ4v) is 5.25. The Bertz CT molecular complexity index is 900. The molecule has 2 aromatic heterocycles. The molecule has 2 heterocycles. The first-order chi connectivity index (χ1) is 10.6. The van der Waals surface area contributed by atoms with Crippen molar-refractivity contribution in [1.29, 1.82) is 0 Å². The van der Waals surface area contributed by atoms with Crippen molar-refractivity contribution in [2.75, 3.05) is 5.73 Å². The Morgan fingerprint density at radius 3 is 2.73 bits per heavy atom. The van der Waals surface area contributed by atoms with Crippen molar-refractivity contribution < 1.29 is 4.92 Å². The Kier molecular flexibility index (Phi) is 3.03. The number of nitrogens with two attached hydrogens (primary N) is 1. The second kappa shape index (κ2) is 4.93. The Morgan fingerprint density at radius 1 is 1.23 bits per heavy atom. The third kappa shape index (κ3) is 2.03. The van der Waals surface area contributed by atoms with Gasteiger partial charge in [0.05, 0.1) is 0 Å². The van der Waals surface area contributed by atoms with E-state index in [1.165, 1.54) is 14.3 Å². The first kappa shape index (κ1) is 13.5. The molecule has 0 radical (unpaired) electrons. The third-order valence-corrected chi connectivity index (χ3v) is 6.62. The van der Waals surface area contributed by atoms with Crippen molar-refractivity contribution in [3.63, 3.8) is 0 Å².